The number of non-ortho nitro benzene ring substituents is 1. The van der Waals surface area contributed by atoms with E-state index in [1.807, 2.05) is 0 Å². The predicted octanol–water partition coefficient (Wildman–Crippen LogP) is 2.10. The number of nitrogens with zero attached hydrogens (tertiary/aromatic N) is 3. The topological polar surface area (TPSA) is 102 Å². The molecule has 9 heteroatoms. The maximum absolute atomic E-state index is 12.6. The highest BCUT2D eigenvalue weighted by Gasteiger charge is 2.39. The van der Waals surface area contributed by atoms with Crippen molar-refractivity contribution in [3.8, 4) is 0 Å². The second-order valence-corrected chi connectivity index (χ2v) is 5.83. The van der Waals surface area contributed by atoms with E-state index in [-0.39, 0.29) is 30.5 Å². The number of hydrogen-bond donors (Lipinski definition) is 0. The van der Waals surface area contributed by atoms with E-state index in [9.17, 15) is 19.7 Å². The monoisotopic (exact) mass is 363 g/mol. The molecule has 1 aliphatic heterocycles. The first-order chi connectivity index (χ1) is 12.3. The Morgan fingerprint density at radius 3 is 2.62 bits per heavy atom. The predicted molar refractivity (Wildman–Crippen MR) is 92.3 cm³/mol. The zero-order valence-electron chi connectivity index (χ0n) is 15.1. The van der Waals surface area contributed by atoms with Crippen molar-refractivity contribution < 1.29 is 24.0 Å². The van der Waals surface area contributed by atoms with Crippen molar-refractivity contribution >= 4 is 17.7 Å². The second-order valence-electron chi connectivity index (χ2n) is 5.83. The van der Waals surface area contributed by atoms with E-state index in [0.29, 0.717) is 11.3 Å². The molecule has 0 fully saturated rings. The summed E-state index contributed by atoms with van der Waals surface area (Å²) in [5.74, 6) is -0.595. The molecule has 1 atom stereocenters. The number of ether oxygens (including phenoxy) is 2. The van der Waals surface area contributed by atoms with Crippen LogP contribution >= 0.6 is 0 Å². The van der Waals surface area contributed by atoms with Crippen molar-refractivity contribution in [2.45, 2.75) is 13.0 Å². The third kappa shape index (κ3) is 3.67. The van der Waals surface area contributed by atoms with Gasteiger partial charge in [-0.25, -0.2) is 9.59 Å². The van der Waals surface area contributed by atoms with E-state index in [0.717, 1.165) is 0 Å². The molecule has 1 aromatic rings. The van der Waals surface area contributed by atoms with Crippen LogP contribution in [0.25, 0.3) is 0 Å². The minimum Gasteiger partial charge on any atom is -0.460 e. The van der Waals surface area contributed by atoms with Crippen molar-refractivity contribution in [1.82, 2.24) is 9.80 Å². The molecule has 0 bridgehead atoms. The van der Waals surface area contributed by atoms with Crippen LogP contribution in [0, 0.1) is 10.1 Å². The lowest BCUT2D eigenvalue weighted by molar-refractivity contribution is -0.384. The van der Waals surface area contributed by atoms with Gasteiger partial charge in [0.2, 0.25) is 0 Å². The third-order valence-corrected chi connectivity index (χ3v) is 4.28. The van der Waals surface area contributed by atoms with E-state index in [1.165, 1.54) is 42.2 Å². The summed E-state index contributed by atoms with van der Waals surface area (Å²) < 4.78 is 10.1. The summed E-state index contributed by atoms with van der Waals surface area (Å²) in [5, 5.41) is 11.1. The van der Waals surface area contributed by atoms with Gasteiger partial charge in [0.15, 0.2) is 0 Å². The van der Waals surface area contributed by atoms with E-state index in [4.69, 9.17) is 9.47 Å². The Kier molecular flexibility index (Phi) is 5.93. The van der Waals surface area contributed by atoms with Crippen LogP contribution < -0.4 is 0 Å². The second kappa shape index (κ2) is 7.96. The Bertz CT molecular complexity index is 761. The molecule has 1 aromatic carbocycles. The number of likely N-dealkylation sites (N-methyl/N-ethyl adjacent to an activating group) is 1. The maximum Gasteiger partial charge on any atom is 0.338 e. The molecule has 0 radical (unpaired) electrons. The summed E-state index contributed by atoms with van der Waals surface area (Å²) in [6.07, 6.45) is 0. The number of benzene rings is 1. The van der Waals surface area contributed by atoms with Crippen molar-refractivity contribution in [1.29, 1.82) is 0 Å². The number of nitro groups is 1. The molecule has 0 N–H and O–H groups in total. The average molecular weight is 363 g/mol. The molecule has 0 aromatic heterocycles. The number of methoxy groups -OCH3 is 1. The van der Waals surface area contributed by atoms with Gasteiger partial charge in [0.05, 0.1) is 23.1 Å². The summed E-state index contributed by atoms with van der Waals surface area (Å²) in [6.45, 7) is 1.95. The van der Waals surface area contributed by atoms with Crippen molar-refractivity contribution in [3.05, 3.63) is 51.2 Å². The number of amides is 2. The normalized spacial score (nSPS) is 17.5. The smallest absolute Gasteiger partial charge is 0.338 e. The molecule has 1 aliphatic rings. The summed E-state index contributed by atoms with van der Waals surface area (Å²) in [5.41, 5.74) is 1.03. The fourth-order valence-corrected chi connectivity index (χ4v) is 2.82. The highest BCUT2D eigenvalue weighted by Crippen LogP contribution is 2.37. The number of urea groups is 1. The molecule has 0 spiro atoms. The van der Waals surface area contributed by atoms with Gasteiger partial charge in [-0.05, 0) is 12.5 Å². The van der Waals surface area contributed by atoms with E-state index < -0.39 is 16.9 Å². The summed E-state index contributed by atoms with van der Waals surface area (Å²) >= 11 is 0. The summed E-state index contributed by atoms with van der Waals surface area (Å²) in [6, 6.07) is 4.76. The maximum atomic E-state index is 12.6. The van der Waals surface area contributed by atoms with Gasteiger partial charge in [-0.2, -0.15) is 0 Å². The molecule has 0 unspecified atom stereocenters. The number of esters is 1. The molecule has 26 heavy (non-hydrogen) atoms. The van der Waals surface area contributed by atoms with Gasteiger partial charge in [-0.3, -0.25) is 10.1 Å². The molecule has 2 rings (SSSR count). The lowest BCUT2D eigenvalue weighted by Gasteiger charge is -2.39. The van der Waals surface area contributed by atoms with Crippen LogP contribution in [0.2, 0.25) is 0 Å². The fourth-order valence-electron chi connectivity index (χ4n) is 2.82. The van der Waals surface area contributed by atoms with Crippen LogP contribution in [-0.4, -0.2) is 61.1 Å². The lowest BCUT2D eigenvalue weighted by Crippen LogP contribution is -2.47. The van der Waals surface area contributed by atoms with Crippen LogP contribution in [0.5, 0.6) is 0 Å². The molecule has 9 nitrogen and oxygen atoms in total. The van der Waals surface area contributed by atoms with Crippen LogP contribution in [0.3, 0.4) is 0 Å². The first kappa shape index (κ1) is 19.4. The van der Waals surface area contributed by atoms with Gasteiger partial charge in [-0.15, -0.1) is 0 Å². The molecule has 140 valence electrons. The molecular weight excluding hydrogens is 342 g/mol. The Morgan fingerprint density at radius 1 is 1.31 bits per heavy atom. The lowest BCUT2D eigenvalue weighted by atomic mass is 9.93. The minimum absolute atomic E-state index is 0.0646. The summed E-state index contributed by atoms with van der Waals surface area (Å²) in [4.78, 5) is 38.4. The van der Waals surface area contributed by atoms with Crippen LogP contribution in [0.4, 0.5) is 10.5 Å². The Hall–Kier alpha value is -2.94. The van der Waals surface area contributed by atoms with E-state index >= 15 is 0 Å². The molecule has 1 heterocycles. The number of carbonyl (C=O) groups is 2. The van der Waals surface area contributed by atoms with Gasteiger partial charge in [-0.1, -0.05) is 12.1 Å². The molecular formula is C17H21N3O6. The molecule has 0 saturated heterocycles. The van der Waals surface area contributed by atoms with Crippen LogP contribution in [0.15, 0.2) is 35.5 Å². The van der Waals surface area contributed by atoms with Gasteiger partial charge in [0.25, 0.3) is 5.69 Å². The first-order valence-corrected chi connectivity index (χ1v) is 7.91. The third-order valence-electron chi connectivity index (χ3n) is 4.28. The highest BCUT2D eigenvalue weighted by molar-refractivity contribution is 5.95. The highest BCUT2D eigenvalue weighted by atomic mass is 16.6. The van der Waals surface area contributed by atoms with E-state index in [2.05, 4.69) is 0 Å². The van der Waals surface area contributed by atoms with Gasteiger partial charge >= 0.3 is 12.0 Å². The summed E-state index contributed by atoms with van der Waals surface area (Å²) in [7, 11) is 4.59. The number of nitro benzene ring substituents is 1. The quantitative estimate of drug-likeness (QED) is 0.332. The average Bonchev–Trinajstić information content (AvgIpc) is 2.62. The molecule has 2 amide bonds. The van der Waals surface area contributed by atoms with Crippen molar-refractivity contribution in [3.63, 3.8) is 0 Å². The molecule has 0 aliphatic carbocycles. The number of carbonyl (C=O) groups excluding carboxylic acids is 2. The fraction of sp³-hybridized carbons (Fsp3) is 0.412. The molecule has 0 saturated carbocycles. The minimum atomic E-state index is -0.784. The van der Waals surface area contributed by atoms with Crippen molar-refractivity contribution in [2.75, 3.05) is 34.4 Å². The van der Waals surface area contributed by atoms with Crippen LogP contribution in [-0.2, 0) is 14.3 Å². The number of rotatable bonds is 6. The largest absolute Gasteiger partial charge is 0.460 e. The first-order valence-electron chi connectivity index (χ1n) is 7.91. The Labute approximate surface area is 150 Å². The number of hydrogen-bond acceptors (Lipinski definition) is 6. The van der Waals surface area contributed by atoms with Gasteiger partial charge < -0.3 is 19.3 Å². The van der Waals surface area contributed by atoms with Crippen LogP contribution in [0.1, 0.15) is 18.5 Å². The Balaban J connectivity index is 2.51. The standard InChI is InChI=1S/C17H21N3O6/c1-11-14(16(21)26-9-8-25-4)15(19(3)17(22)18(11)2)12-6-5-7-13(10-12)20(23)24/h5-7,10,15H,8-9H2,1-4H3/t15-/m1/s1. The zero-order valence-corrected chi connectivity index (χ0v) is 15.1. The Morgan fingerprint density at radius 2 is 2.00 bits per heavy atom. The zero-order chi connectivity index (χ0) is 19.4. The van der Waals surface area contributed by atoms with E-state index in [1.54, 1.807) is 20.0 Å². The number of allylic oxidation sites excluding steroid dienone is 1. The SMILES string of the molecule is COCCOC(=O)C1=C(C)N(C)C(=O)N(C)[C@@H]1c1cccc([N+](=O)[O-])c1. The van der Waals surface area contributed by atoms with Gasteiger partial charge in [0.1, 0.15) is 6.61 Å². The van der Waals surface area contributed by atoms with Gasteiger partial charge in [0, 0.05) is 39.0 Å². The van der Waals surface area contributed by atoms with Crippen molar-refractivity contribution in [2.24, 2.45) is 0 Å².